The Labute approximate surface area is 187 Å². The number of thiazole rings is 1. The predicted molar refractivity (Wildman–Crippen MR) is 126 cm³/mol. The number of rotatable bonds is 7. The first kappa shape index (κ1) is 22.4. The fourth-order valence-electron chi connectivity index (χ4n) is 2.78. The molecule has 0 fully saturated rings. The maximum Gasteiger partial charge on any atom is 0.194 e. The lowest BCUT2D eigenvalue weighted by molar-refractivity contribution is 0.471. The summed E-state index contributed by atoms with van der Waals surface area (Å²) in [6, 6.07) is 8.59. The first-order chi connectivity index (χ1) is 13.1. The molecule has 0 amide bonds. The second-order valence-corrected chi connectivity index (χ2v) is 7.50. The Morgan fingerprint density at radius 3 is 2.61 bits per heavy atom. The summed E-state index contributed by atoms with van der Waals surface area (Å²) in [5, 5.41) is 6.56. The van der Waals surface area contributed by atoms with E-state index in [0.717, 1.165) is 36.3 Å². The van der Waals surface area contributed by atoms with Crippen LogP contribution in [0.1, 0.15) is 28.8 Å². The minimum absolute atomic E-state index is 0. The number of nitrogens with one attached hydrogen (secondary N) is 1. The zero-order valence-electron chi connectivity index (χ0n) is 16.5. The van der Waals surface area contributed by atoms with E-state index in [2.05, 4.69) is 61.3 Å². The van der Waals surface area contributed by atoms with Gasteiger partial charge in [-0.15, -0.1) is 35.3 Å². The van der Waals surface area contributed by atoms with Gasteiger partial charge in [-0.3, -0.25) is 0 Å². The third kappa shape index (κ3) is 6.59. The van der Waals surface area contributed by atoms with Crippen molar-refractivity contribution in [1.82, 2.24) is 24.8 Å². The Balaban J connectivity index is 0.00000280. The van der Waals surface area contributed by atoms with Gasteiger partial charge in [0.2, 0.25) is 0 Å². The molecule has 28 heavy (non-hydrogen) atoms. The fourth-order valence-corrected chi connectivity index (χ4v) is 3.38. The minimum Gasteiger partial charge on any atom is -0.357 e. The lowest BCUT2D eigenvalue weighted by Gasteiger charge is -2.21. The van der Waals surface area contributed by atoms with E-state index in [4.69, 9.17) is 4.99 Å². The van der Waals surface area contributed by atoms with Gasteiger partial charge in [0.05, 0.1) is 30.1 Å². The third-order valence-corrected chi connectivity index (χ3v) is 4.94. The van der Waals surface area contributed by atoms with Crippen LogP contribution in [0.2, 0.25) is 0 Å². The number of aryl methyl sites for hydroxylation is 1. The van der Waals surface area contributed by atoms with Crippen LogP contribution >= 0.6 is 35.3 Å². The van der Waals surface area contributed by atoms with E-state index in [9.17, 15) is 0 Å². The Morgan fingerprint density at radius 2 is 2.00 bits per heavy atom. The molecule has 1 aromatic carbocycles. The summed E-state index contributed by atoms with van der Waals surface area (Å²) in [7, 11) is 2.05. The van der Waals surface area contributed by atoms with E-state index < -0.39 is 0 Å². The first-order valence-electron chi connectivity index (χ1n) is 9.08. The molecule has 8 heteroatoms. The normalized spacial score (nSPS) is 11.2. The molecule has 0 bridgehead atoms. The molecule has 2 aromatic heterocycles. The molecular weight excluding hydrogens is 483 g/mol. The molecule has 0 spiro atoms. The Bertz CT molecular complexity index is 857. The van der Waals surface area contributed by atoms with E-state index in [1.165, 1.54) is 11.1 Å². The van der Waals surface area contributed by atoms with Crippen LogP contribution in [0.15, 0.2) is 53.4 Å². The molecule has 0 aliphatic rings. The monoisotopic (exact) mass is 510 g/mol. The highest BCUT2D eigenvalue weighted by Crippen LogP contribution is 2.11. The highest BCUT2D eigenvalue weighted by Gasteiger charge is 2.08. The molecule has 0 saturated carbocycles. The molecule has 0 unspecified atom stereocenters. The fraction of sp³-hybridized carbons (Fsp3) is 0.350. The van der Waals surface area contributed by atoms with Crippen LogP contribution in [0.25, 0.3) is 0 Å². The molecule has 0 aliphatic carbocycles. The lowest BCUT2D eigenvalue weighted by Crippen LogP contribution is -2.38. The number of imidazole rings is 1. The number of aliphatic imine (C=N–C) groups is 1. The number of aromatic nitrogens is 3. The van der Waals surface area contributed by atoms with Crippen molar-refractivity contribution in [2.75, 3.05) is 13.6 Å². The molecule has 1 N–H and O–H groups in total. The number of hydrogen-bond donors (Lipinski definition) is 1. The molecule has 0 aliphatic heterocycles. The van der Waals surface area contributed by atoms with Crippen molar-refractivity contribution >= 4 is 41.3 Å². The smallest absolute Gasteiger partial charge is 0.194 e. The zero-order valence-corrected chi connectivity index (χ0v) is 19.6. The summed E-state index contributed by atoms with van der Waals surface area (Å²) < 4.78 is 2.06. The van der Waals surface area contributed by atoms with Crippen LogP contribution in [-0.4, -0.2) is 39.0 Å². The molecule has 6 nitrogen and oxygen atoms in total. The second-order valence-electron chi connectivity index (χ2n) is 6.44. The first-order valence-corrected chi connectivity index (χ1v) is 9.96. The van der Waals surface area contributed by atoms with Crippen molar-refractivity contribution in [2.24, 2.45) is 4.99 Å². The molecule has 2 heterocycles. The Kier molecular flexibility index (Phi) is 8.91. The van der Waals surface area contributed by atoms with Crippen molar-refractivity contribution in [2.45, 2.75) is 33.5 Å². The second kappa shape index (κ2) is 11.2. The average molecular weight is 510 g/mol. The van der Waals surface area contributed by atoms with Gasteiger partial charge >= 0.3 is 0 Å². The highest BCUT2D eigenvalue weighted by molar-refractivity contribution is 14.0. The van der Waals surface area contributed by atoms with Crippen molar-refractivity contribution in [1.29, 1.82) is 0 Å². The predicted octanol–water partition coefficient (Wildman–Crippen LogP) is 3.91. The molecule has 0 atom stereocenters. The average Bonchev–Trinajstić information content (AvgIpc) is 3.31. The van der Waals surface area contributed by atoms with Gasteiger partial charge in [-0.1, -0.05) is 24.3 Å². The van der Waals surface area contributed by atoms with Gasteiger partial charge in [0.15, 0.2) is 5.96 Å². The number of hydrogen-bond acceptors (Lipinski definition) is 4. The van der Waals surface area contributed by atoms with Crippen molar-refractivity contribution < 1.29 is 0 Å². The maximum absolute atomic E-state index is 4.78. The van der Waals surface area contributed by atoms with Crippen LogP contribution in [0, 0.1) is 6.92 Å². The highest BCUT2D eigenvalue weighted by atomic mass is 127. The van der Waals surface area contributed by atoms with Crippen molar-refractivity contribution in [3.63, 3.8) is 0 Å². The Morgan fingerprint density at radius 1 is 1.25 bits per heavy atom. The summed E-state index contributed by atoms with van der Waals surface area (Å²) in [5.41, 5.74) is 3.52. The molecule has 0 radical (unpaired) electrons. The van der Waals surface area contributed by atoms with Crippen LogP contribution in [-0.2, 0) is 19.6 Å². The van der Waals surface area contributed by atoms with E-state index >= 15 is 0 Å². The summed E-state index contributed by atoms with van der Waals surface area (Å²) in [6.07, 6.45) is 5.61. The van der Waals surface area contributed by atoms with E-state index in [1.54, 1.807) is 17.5 Å². The zero-order chi connectivity index (χ0) is 19.1. The number of nitrogens with zero attached hydrogens (tertiary/aromatic N) is 5. The topological polar surface area (TPSA) is 58.3 Å². The van der Waals surface area contributed by atoms with Crippen LogP contribution in [0.5, 0.6) is 0 Å². The van der Waals surface area contributed by atoms with Crippen molar-refractivity contribution in [3.8, 4) is 0 Å². The number of halogens is 1. The largest absolute Gasteiger partial charge is 0.357 e. The number of guanidine groups is 1. The number of benzene rings is 1. The molecule has 3 aromatic rings. The standard InChI is InChI=1S/C20H26N6S.HI/c1-4-22-20(25(3)13-19-14-27-16(2)24-19)23-11-17-5-7-18(8-6-17)12-26-10-9-21-15-26;/h5-10,14-15H,4,11-13H2,1-3H3,(H,22,23);1H. The molecular formula is C20H27IN6S. The Hall–Kier alpha value is -1.94. The maximum atomic E-state index is 4.78. The van der Waals surface area contributed by atoms with Crippen molar-refractivity contribution in [3.05, 3.63) is 70.2 Å². The van der Waals surface area contributed by atoms with Gasteiger partial charge in [0, 0.05) is 37.9 Å². The summed E-state index contributed by atoms with van der Waals surface area (Å²) >= 11 is 1.68. The van der Waals surface area contributed by atoms with Gasteiger partial charge in [-0.2, -0.15) is 0 Å². The van der Waals surface area contributed by atoms with E-state index in [0.29, 0.717) is 6.54 Å². The van der Waals surface area contributed by atoms with Crippen LogP contribution in [0.4, 0.5) is 0 Å². The van der Waals surface area contributed by atoms with Gasteiger partial charge in [-0.25, -0.2) is 15.0 Å². The van der Waals surface area contributed by atoms with E-state index in [1.807, 2.05) is 26.5 Å². The third-order valence-electron chi connectivity index (χ3n) is 4.12. The summed E-state index contributed by atoms with van der Waals surface area (Å²) in [4.78, 5) is 15.5. The van der Waals surface area contributed by atoms with Gasteiger partial charge in [0.1, 0.15) is 0 Å². The SMILES string of the molecule is CCNC(=NCc1ccc(Cn2ccnc2)cc1)N(C)Cc1csc(C)n1.I. The van der Waals surface area contributed by atoms with Gasteiger partial charge in [0.25, 0.3) is 0 Å². The quantitative estimate of drug-likeness (QED) is 0.298. The molecule has 150 valence electrons. The minimum atomic E-state index is 0. The van der Waals surface area contributed by atoms with Gasteiger partial charge < -0.3 is 14.8 Å². The summed E-state index contributed by atoms with van der Waals surface area (Å²) in [5.74, 6) is 0.894. The molecule has 0 saturated heterocycles. The summed E-state index contributed by atoms with van der Waals surface area (Å²) in [6.45, 7) is 7.18. The van der Waals surface area contributed by atoms with Crippen LogP contribution in [0.3, 0.4) is 0 Å². The van der Waals surface area contributed by atoms with Crippen LogP contribution < -0.4 is 5.32 Å². The molecule has 3 rings (SSSR count). The van der Waals surface area contributed by atoms with Gasteiger partial charge in [-0.05, 0) is 25.0 Å². The van der Waals surface area contributed by atoms with E-state index in [-0.39, 0.29) is 24.0 Å². The lowest BCUT2D eigenvalue weighted by atomic mass is 10.1.